The number of anilines is 1. The number of nitrogens with one attached hydrogen (secondary N) is 1. The number of pyridine rings is 1. The first-order valence-electron chi connectivity index (χ1n) is 4.52. The summed E-state index contributed by atoms with van der Waals surface area (Å²) in [5.41, 5.74) is 1.04. The molecule has 7 heteroatoms. The topological polar surface area (TPSA) is 50.7 Å². The lowest BCUT2D eigenvalue weighted by atomic mass is 10.4. The fraction of sp³-hybridized carbons (Fsp3) is 0.222. The first-order valence-corrected chi connectivity index (χ1v) is 7.12. The molecule has 0 fully saturated rings. The van der Waals surface area contributed by atoms with Crippen molar-refractivity contribution in [1.29, 1.82) is 0 Å². The van der Waals surface area contributed by atoms with Crippen molar-refractivity contribution in [1.82, 2.24) is 15.2 Å². The number of halogens is 1. The van der Waals surface area contributed by atoms with E-state index in [0.29, 0.717) is 0 Å². The minimum absolute atomic E-state index is 0.811. The minimum Gasteiger partial charge on any atom is -0.363 e. The second-order valence-corrected chi connectivity index (χ2v) is 6.00. The van der Waals surface area contributed by atoms with Gasteiger partial charge in [-0.05, 0) is 28.1 Å². The predicted octanol–water partition coefficient (Wildman–Crippen LogP) is 3.03. The molecule has 0 unspecified atom stereocenters. The van der Waals surface area contributed by atoms with Crippen LogP contribution in [0.3, 0.4) is 0 Å². The van der Waals surface area contributed by atoms with E-state index in [0.717, 1.165) is 25.4 Å². The molecule has 0 saturated heterocycles. The van der Waals surface area contributed by atoms with Crippen LogP contribution < -0.4 is 5.32 Å². The number of hydrogen-bond acceptors (Lipinski definition) is 6. The van der Waals surface area contributed by atoms with Gasteiger partial charge in [-0.3, -0.25) is 4.98 Å². The van der Waals surface area contributed by atoms with Gasteiger partial charge in [0.05, 0.1) is 5.69 Å². The summed E-state index contributed by atoms with van der Waals surface area (Å²) in [7, 11) is 1.84. The Bertz CT molecular complexity index is 457. The molecule has 0 saturated carbocycles. The molecule has 4 nitrogen and oxygen atoms in total. The molecule has 2 rings (SSSR count). The van der Waals surface area contributed by atoms with Gasteiger partial charge in [-0.15, -0.1) is 10.2 Å². The molecular weight excluding hydrogens is 308 g/mol. The lowest BCUT2D eigenvalue weighted by Crippen LogP contribution is -1.85. The van der Waals surface area contributed by atoms with Crippen LogP contribution in [0.1, 0.15) is 5.69 Å². The van der Waals surface area contributed by atoms with Crippen LogP contribution in [0.15, 0.2) is 27.1 Å². The molecule has 0 aliphatic carbocycles. The molecule has 0 aromatic carbocycles. The molecule has 2 aromatic heterocycles. The van der Waals surface area contributed by atoms with Crippen LogP contribution >= 0.6 is 39.0 Å². The highest BCUT2D eigenvalue weighted by Crippen LogP contribution is 2.27. The van der Waals surface area contributed by atoms with E-state index < -0.39 is 0 Å². The zero-order valence-corrected chi connectivity index (χ0v) is 11.7. The molecule has 0 bridgehead atoms. The van der Waals surface area contributed by atoms with E-state index in [9.17, 15) is 0 Å². The number of thioether (sulfide) groups is 1. The summed E-state index contributed by atoms with van der Waals surface area (Å²) in [5, 5.41) is 11.8. The Kier molecular flexibility index (Phi) is 4.14. The SMILES string of the molecule is CNc1nnc(SCc2ccc(Br)cn2)s1. The molecule has 0 aliphatic rings. The third-order valence-corrected chi connectivity index (χ3v) is 4.33. The molecule has 0 aliphatic heterocycles. The van der Waals surface area contributed by atoms with E-state index in [1.165, 1.54) is 0 Å². The van der Waals surface area contributed by atoms with E-state index >= 15 is 0 Å². The molecule has 16 heavy (non-hydrogen) atoms. The molecule has 0 radical (unpaired) electrons. The first-order chi connectivity index (χ1) is 7.78. The van der Waals surface area contributed by atoms with Crippen LogP contribution in [0.2, 0.25) is 0 Å². The standard InChI is InChI=1S/C9H9BrN4S2/c1-11-8-13-14-9(16-8)15-5-7-3-2-6(10)4-12-7/h2-4H,5H2,1H3,(H,11,13). The van der Waals surface area contributed by atoms with Crippen molar-refractivity contribution in [2.24, 2.45) is 0 Å². The zero-order valence-electron chi connectivity index (χ0n) is 8.48. The Morgan fingerprint density at radius 3 is 2.94 bits per heavy atom. The molecular formula is C9H9BrN4S2. The van der Waals surface area contributed by atoms with Crippen molar-refractivity contribution in [2.45, 2.75) is 10.1 Å². The highest BCUT2D eigenvalue weighted by Gasteiger charge is 2.04. The largest absolute Gasteiger partial charge is 0.363 e. The Labute approximate surface area is 110 Å². The van der Waals surface area contributed by atoms with Gasteiger partial charge in [-0.1, -0.05) is 23.1 Å². The van der Waals surface area contributed by atoms with Crippen LogP contribution in [-0.2, 0) is 5.75 Å². The second-order valence-electron chi connectivity index (χ2n) is 2.88. The predicted molar refractivity (Wildman–Crippen MR) is 71.0 cm³/mol. The maximum absolute atomic E-state index is 4.29. The average Bonchev–Trinajstić information content (AvgIpc) is 2.76. The van der Waals surface area contributed by atoms with Crippen molar-refractivity contribution < 1.29 is 0 Å². The molecule has 0 atom stereocenters. The number of aromatic nitrogens is 3. The van der Waals surface area contributed by atoms with Crippen molar-refractivity contribution in [3.8, 4) is 0 Å². The minimum atomic E-state index is 0.811. The van der Waals surface area contributed by atoms with Crippen molar-refractivity contribution in [3.05, 3.63) is 28.5 Å². The zero-order chi connectivity index (χ0) is 11.4. The fourth-order valence-electron chi connectivity index (χ4n) is 0.997. The van der Waals surface area contributed by atoms with E-state index in [2.05, 4.69) is 36.4 Å². The van der Waals surface area contributed by atoms with Crippen molar-refractivity contribution in [2.75, 3.05) is 12.4 Å². The Morgan fingerprint density at radius 1 is 1.44 bits per heavy atom. The molecule has 2 aromatic rings. The maximum Gasteiger partial charge on any atom is 0.206 e. The summed E-state index contributed by atoms with van der Waals surface area (Å²) >= 11 is 6.55. The summed E-state index contributed by atoms with van der Waals surface area (Å²) in [6.07, 6.45) is 1.80. The average molecular weight is 317 g/mol. The van der Waals surface area contributed by atoms with E-state index in [4.69, 9.17) is 0 Å². The van der Waals surface area contributed by atoms with Crippen molar-refractivity contribution in [3.63, 3.8) is 0 Å². The van der Waals surface area contributed by atoms with Gasteiger partial charge in [0.1, 0.15) is 0 Å². The highest BCUT2D eigenvalue weighted by atomic mass is 79.9. The molecule has 84 valence electrons. The third-order valence-electron chi connectivity index (χ3n) is 1.75. The van der Waals surface area contributed by atoms with E-state index in [1.807, 2.05) is 19.2 Å². The maximum atomic E-state index is 4.29. The van der Waals surface area contributed by atoms with Crippen LogP contribution in [0.25, 0.3) is 0 Å². The lowest BCUT2D eigenvalue weighted by Gasteiger charge is -1.97. The summed E-state index contributed by atoms with van der Waals surface area (Å²) in [6.45, 7) is 0. The first kappa shape index (κ1) is 11.8. The second kappa shape index (κ2) is 5.60. The van der Waals surface area contributed by atoms with Gasteiger partial charge in [0.2, 0.25) is 5.13 Å². The Hall–Kier alpha value is -0.660. The smallest absolute Gasteiger partial charge is 0.206 e. The molecule has 2 heterocycles. The van der Waals surface area contributed by atoms with E-state index in [-0.39, 0.29) is 0 Å². The number of nitrogens with zero attached hydrogens (tertiary/aromatic N) is 3. The summed E-state index contributed by atoms with van der Waals surface area (Å²) in [4.78, 5) is 4.29. The molecule has 1 N–H and O–H groups in total. The number of rotatable bonds is 4. The molecule has 0 spiro atoms. The van der Waals surface area contributed by atoms with Crippen LogP contribution in [0, 0.1) is 0 Å². The lowest BCUT2D eigenvalue weighted by molar-refractivity contribution is 1.01. The van der Waals surface area contributed by atoms with Gasteiger partial charge in [0, 0.05) is 23.5 Å². The normalized spacial score (nSPS) is 10.4. The van der Waals surface area contributed by atoms with Crippen molar-refractivity contribution >= 4 is 44.2 Å². The van der Waals surface area contributed by atoms with Gasteiger partial charge in [0.15, 0.2) is 4.34 Å². The van der Waals surface area contributed by atoms with Crippen LogP contribution in [-0.4, -0.2) is 22.2 Å². The van der Waals surface area contributed by atoms with Crippen LogP contribution in [0.5, 0.6) is 0 Å². The summed E-state index contributed by atoms with van der Waals surface area (Å²) in [5.74, 6) is 0.811. The monoisotopic (exact) mass is 316 g/mol. The van der Waals surface area contributed by atoms with E-state index in [1.54, 1.807) is 29.3 Å². The van der Waals surface area contributed by atoms with Gasteiger partial charge in [-0.25, -0.2) is 0 Å². The number of hydrogen-bond donors (Lipinski definition) is 1. The summed E-state index contributed by atoms with van der Waals surface area (Å²) in [6, 6.07) is 3.99. The third kappa shape index (κ3) is 3.16. The quantitative estimate of drug-likeness (QED) is 0.879. The van der Waals surface area contributed by atoms with Gasteiger partial charge < -0.3 is 5.32 Å². The summed E-state index contributed by atoms with van der Waals surface area (Å²) < 4.78 is 1.95. The highest BCUT2D eigenvalue weighted by molar-refractivity contribution is 9.10. The van der Waals surface area contributed by atoms with Gasteiger partial charge in [0.25, 0.3) is 0 Å². The Morgan fingerprint density at radius 2 is 2.31 bits per heavy atom. The van der Waals surface area contributed by atoms with Gasteiger partial charge in [-0.2, -0.15) is 0 Å². The Balaban J connectivity index is 1.94. The van der Waals surface area contributed by atoms with Crippen LogP contribution in [0.4, 0.5) is 5.13 Å². The van der Waals surface area contributed by atoms with Gasteiger partial charge >= 0.3 is 0 Å². The molecule has 0 amide bonds. The fourth-order valence-corrected chi connectivity index (χ4v) is 2.85.